The lowest BCUT2D eigenvalue weighted by Crippen LogP contribution is -2.46. The van der Waals surface area contributed by atoms with Crippen molar-refractivity contribution in [2.45, 2.75) is 25.8 Å². The molecule has 1 aliphatic heterocycles. The molecule has 0 spiro atoms. The van der Waals surface area contributed by atoms with Gasteiger partial charge in [-0.05, 0) is 55.5 Å². The Morgan fingerprint density at radius 3 is 2.60 bits per heavy atom. The van der Waals surface area contributed by atoms with Gasteiger partial charge in [-0.25, -0.2) is 4.98 Å². The predicted molar refractivity (Wildman–Crippen MR) is 119 cm³/mol. The van der Waals surface area contributed by atoms with Crippen LogP contribution in [-0.4, -0.2) is 47.4 Å². The molecule has 6 nitrogen and oxygen atoms in total. The Bertz CT molecular complexity index is 991. The van der Waals surface area contributed by atoms with Crippen LogP contribution in [0, 0.1) is 0 Å². The topological polar surface area (TPSA) is 71.5 Å². The van der Waals surface area contributed by atoms with Gasteiger partial charge in [-0.3, -0.25) is 9.59 Å². The zero-order valence-corrected chi connectivity index (χ0v) is 18.3. The summed E-state index contributed by atoms with van der Waals surface area (Å²) in [6.07, 6.45) is 1.46. The molecule has 0 atom stereocenters. The summed E-state index contributed by atoms with van der Waals surface area (Å²) in [6, 6.07) is 9.29. The van der Waals surface area contributed by atoms with Crippen molar-refractivity contribution >= 4 is 34.5 Å². The van der Waals surface area contributed by atoms with Gasteiger partial charge in [-0.2, -0.15) is 11.3 Å². The molecular formula is C22H23N3O3S2. The molecule has 30 heavy (non-hydrogen) atoms. The standard InChI is InChI=1S/C22H23N3O3S2/c1-2-28-18-5-3-15(4-6-18)22(27)25-10-7-17(8-11-25)23-20(26)19-14-30-21(24-19)16-9-12-29-13-16/h3-6,9,12-14,17H,2,7-8,10-11H2,1H3,(H,23,26). The fourth-order valence-corrected chi connectivity index (χ4v) is 4.94. The lowest BCUT2D eigenvalue weighted by atomic mass is 10.0. The van der Waals surface area contributed by atoms with Crippen molar-refractivity contribution in [2.24, 2.45) is 0 Å². The number of nitrogens with zero attached hydrogens (tertiary/aromatic N) is 2. The minimum absolute atomic E-state index is 0.0164. The largest absolute Gasteiger partial charge is 0.494 e. The molecule has 1 fully saturated rings. The summed E-state index contributed by atoms with van der Waals surface area (Å²) in [5.74, 6) is 0.631. The van der Waals surface area contributed by atoms with Gasteiger partial charge in [0.05, 0.1) is 6.61 Å². The molecule has 3 aromatic rings. The lowest BCUT2D eigenvalue weighted by molar-refractivity contribution is 0.0697. The molecule has 0 bridgehead atoms. The first-order valence-electron chi connectivity index (χ1n) is 9.95. The van der Waals surface area contributed by atoms with Gasteiger partial charge in [-0.15, -0.1) is 11.3 Å². The molecule has 2 aromatic heterocycles. The second-order valence-electron chi connectivity index (χ2n) is 7.05. The predicted octanol–water partition coefficient (Wildman–Crippen LogP) is 4.30. The fourth-order valence-electron chi connectivity index (χ4n) is 3.43. The van der Waals surface area contributed by atoms with Crippen molar-refractivity contribution in [3.8, 4) is 16.3 Å². The first-order chi connectivity index (χ1) is 14.6. The maximum absolute atomic E-state index is 12.7. The molecule has 0 radical (unpaired) electrons. The van der Waals surface area contributed by atoms with E-state index in [2.05, 4.69) is 10.3 Å². The quantitative estimate of drug-likeness (QED) is 0.619. The number of hydrogen-bond donors (Lipinski definition) is 1. The first kappa shape index (κ1) is 20.6. The molecule has 1 aromatic carbocycles. The molecule has 0 saturated carbocycles. The summed E-state index contributed by atoms with van der Waals surface area (Å²) in [7, 11) is 0. The highest BCUT2D eigenvalue weighted by molar-refractivity contribution is 7.14. The van der Waals surface area contributed by atoms with E-state index >= 15 is 0 Å². The fraction of sp³-hybridized carbons (Fsp3) is 0.318. The molecule has 0 unspecified atom stereocenters. The first-order valence-corrected chi connectivity index (χ1v) is 11.8. The number of ether oxygens (including phenoxy) is 1. The maximum atomic E-state index is 12.7. The summed E-state index contributed by atoms with van der Waals surface area (Å²) in [6.45, 7) is 3.77. The number of piperidine rings is 1. The van der Waals surface area contributed by atoms with Gasteiger partial charge in [-0.1, -0.05) is 0 Å². The molecule has 0 aliphatic carbocycles. The number of thiazole rings is 1. The van der Waals surface area contributed by atoms with E-state index in [4.69, 9.17) is 4.74 Å². The molecular weight excluding hydrogens is 418 g/mol. The molecule has 2 amide bonds. The highest BCUT2D eigenvalue weighted by atomic mass is 32.1. The van der Waals surface area contributed by atoms with Crippen LogP contribution < -0.4 is 10.1 Å². The van der Waals surface area contributed by atoms with Crippen molar-refractivity contribution in [3.63, 3.8) is 0 Å². The van der Waals surface area contributed by atoms with Crippen molar-refractivity contribution in [3.05, 3.63) is 57.7 Å². The van der Waals surface area contributed by atoms with Crippen molar-refractivity contribution < 1.29 is 14.3 Å². The van der Waals surface area contributed by atoms with Crippen LogP contribution in [-0.2, 0) is 0 Å². The van der Waals surface area contributed by atoms with Crippen molar-refractivity contribution in [1.29, 1.82) is 0 Å². The third-order valence-corrected chi connectivity index (χ3v) is 6.61. The number of nitrogens with one attached hydrogen (secondary N) is 1. The number of thiophene rings is 1. The van der Waals surface area contributed by atoms with E-state index in [1.54, 1.807) is 28.8 Å². The van der Waals surface area contributed by atoms with Gasteiger partial charge in [0.2, 0.25) is 0 Å². The number of carbonyl (C=O) groups is 2. The van der Waals surface area contributed by atoms with Crippen LogP contribution in [0.2, 0.25) is 0 Å². The average molecular weight is 442 g/mol. The minimum Gasteiger partial charge on any atom is -0.494 e. The molecule has 3 heterocycles. The van der Waals surface area contributed by atoms with Crippen LogP contribution in [0.3, 0.4) is 0 Å². The van der Waals surface area contributed by atoms with E-state index in [0.717, 1.165) is 29.2 Å². The van der Waals surface area contributed by atoms with E-state index in [1.165, 1.54) is 11.3 Å². The smallest absolute Gasteiger partial charge is 0.270 e. The Hall–Kier alpha value is -2.71. The van der Waals surface area contributed by atoms with Gasteiger partial charge in [0, 0.05) is 41.0 Å². The molecule has 1 saturated heterocycles. The monoisotopic (exact) mass is 441 g/mol. The van der Waals surface area contributed by atoms with Crippen molar-refractivity contribution in [1.82, 2.24) is 15.2 Å². The van der Waals surface area contributed by atoms with Crippen LogP contribution in [0.1, 0.15) is 40.6 Å². The van der Waals surface area contributed by atoms with Gasteiger partial charge >= 0.3 is 0 Å². The van der Waals surface area contributed by atoms with E-state index < -0.39 is 0 Å². The van der Waals surface area contributed by atoms with Crippen molar-refractivity contribution in [2.75, 3.05) is 19.7 Å². The lowest BCUT2D eigenvalue weighted by Gasteiger charge is -2.32. The van der Waals surface area contributed by atoms with Crippen LogP contribution in [0.5, 0.6) is 5.75 Å². The number of rotatable bonds is 6. The van der Waals surface area contributed by atoms with E-state index in [1.807, 2.05) is 40.8 Å². The molecule has 8 heteroatoms. The maximum Gasteiger partial charge on any atom is 0.270 e. The van der Waals surface area contributed by atoms with Gasteiger partial charge in [0.15, 0.2) is 0 Å². The number of amides is 2. The summed E-state index contributed by atoms with van der Waals surface area (Å²) in [4.78, 5) is 31.6. The molecule has 1 aliphatic rings. The van der Waals surface area contributed by atoms with Crippen LogP contribution in [0.15, 0.2) is 46.5 Å². The Kier molecular flexibility index (Phi) is 6.44. The summed E-state index contributed by atoms with van der Waals surface area (Å²) in [5.41, 5.74) is 2.16. The Morgan fingerprint density at radius 1 is 1.17 bits per heavy atom. The average Bonchev–Trinajstić information content (AvgIpc) is 3.47. The highest BCUT2D eigenvalue weighted by Crippen LogP contribution is 2.26. The van der Waals surface area contributed by atoms with E-state index in [0.29, 0.717) is 31.0 Å². The Labute approximate surface area is 183 Å². The molecule has 4 rings (SSSR count). The second kappa shape index (κ2) is 9.40. The van der Waals surface area contributed by atoms with Gasteiger partial charge < -0.3 is 15.0 Å². The van der Waals surface area contributed by atoms with E-state index in [9.17, 15) is 9.59 Å². The summed E-state index contributed by atoms with van der Waals surface area (Å²) >= 11 is 3.09. The number of likely N-dealkylation sites (tertiary alicyclic amines) is 1. The van der Waals surface area contributed by atoms with Crippen LogP contribution >= 0.6 is 22.7 Å². The third-order valence-electron chi connectivity index (χ3n) is 5.03. The summed E-state index contributed by atoms with van der Waals surface area (Å²) < 4.78 is 5.43. The number of carbonyl (C=O) groups excluding carboxylic acids is 2. The second-order valence-corrected chi connectivity index (χ2v) is 8.69. The number of hydrogen-bond acceptors (Lipinski definition) is 6. The Balaban J connectivity index is 1.29. The summed E-state index contributed by atoms with van der Waals surface area (Å²) in [5, 5.41) is 9.75. The Morgan fingerprint density at radius 2 is 1.93 bits per heavy atom. The highest BCUT2D eigenvalue weighted by Gasteiger charge is 2.25. The van der Waals surface area contributed by atoms with Gasteiger partial charge in [0.1, 0.15) is 16.5 Å². The molecule has 156 valence electrons. The van der Waals surface area contributed by atoms with Crippen LogP contribution in [0.4, 0.5) is 0 Å². The normalized spacial score (nSPS) is 14.5. The van der Waals surface area contributed by atoms with Gasteiger partial charge in [0.25, 0.3) is 11.8 Å². The SMILES string of the molecule is CCOc1ccc(C(=O)N2CCC(NC(=O)c3csc(-c4ccsc4)n3)CC2)cc1. The number of benzene rings is 1. The third kappa shape index (κ3) is 4.71. The minimum atomic E-state index is -0.149. The zero-order chi connectivity index (χ0) is 20.9. The van der Waals surface area contributed by atoms with Crippen LogP contribution in [0.25, 0.3) is 10.6 Å². The zero-order valence-electron chi connectivity index (χ0n) is 16.7. The molecule has 1 N–H and O–H groups in total. The number of aromatic nitrogens is 1. The van der Waals surface area contributed by atoms with E-state index in [-0.39, 0.29) is 17.9 Å².